The van der Waals surface area contributed by atoms with Gasteiger partial charge < -0.3 is 10.2 Å². The summed E-state index contributed by atoms with van der Waals surface area (Å²) in [5.74, 6) is 0. The number of nitrogens with zero attached hydrogens (tertiary/aromatic N) is 3. The van der Waals surface area contributed by atoms with E-state index in [1.165, 1.54) is 6.92 Å². The number of rotatable bonds is 4. The highest BCUT2D eigenvalue weighted by Gasteiger charge is 2.30. The standard InChI is InChI=1S/C6H13N3O2/c1-3-4-6(11,5(2)10)8-9-7/h5,10-11H,3-4H2,1-2H3. The van der Waals surface area contributed by atoms with Gasteiger partial charge >= 0.3 is 0 Å². The molecule has 0 saturated heterocycles. The summed E-state index contributed by atoms with van der Waals surface area (Å²) in [6, 6.07) is 0. The number of aliphatic hydroxyl groups excluding tert-OH is 1. The molecule has 0 aromatic carbocycles. The molecule has 11 heavy (non-hydrogen) atoms. The third-order valence-electron chi connectivity index (χ3n) is 1.50. The number of hydrogen-bond donors (Lipinski definition) is 2. The molecular weight excluding hydrogens is 146 g/mol. The third kappa shape index (κ3) is 2.76. The lowest BCUT2D eigenvalue weighted by atomic mass is 10.0. The van der Waals surface area contributed by atoms with Crippen LogP contribution in [-0.2, 0) is 0 Å². The Balaban J connectivity index is 4.37. The van der Waals surface area contributed by atoms with Crippen molar-refractivity contribution in [3.05, 3.63) is 10.4 Å². The first-order valence-corrected chi connectivity index (χ1v) is 3.53. The normalized spacial score (nSPS) is 18.2. The highest BCUT2D eigenvalue weighted by molar-refractivity contribution is 4.80. The molecule has 0 rings (SSSR count). The SMILES string of the molecule is CCCC(O)(N=[N+]=[N-])C(C)O. The summed E-state index contributed by atoms with van der Waals surface area (Å²) in [5, 5.41) is 21.6. The van der Waals surface area contributed by atoms with Crippen LogP contribution in [0.25, 0.3) is 10.4 Å². The molecule has 0 amide bonds. The number of aliphatic hydroxyl groups is 2. The zero-order chi connectivity index (χ0) is 8.91. The van der Waals surface area contributed by atoms with E-state index in [1.807, 2.05) is 6.92 Å². The molecule has 0 radical (unpaired) electrons. The predicted octanol–water partition coefficient (Wildman–Crippen LogP) is 1.17. The largest absolute Gasteiger partial charge is 0.390 e. The zero-order valence-corrected chi connectivity index (χ0v) is 6.73. The smallest absolute Gasteiger partial charge is 0.169 e. The van der Waals surface area contributed by atoms with Gasteiger partial charge in [-0.1, -0.05) is 18.5 Å². The molecule has 0 aliphatic heterocycles. The van der Waals surface area contributed by atoms with E-state index in [9.17, 15) is 5.11 Å². The van der Waals surface area contributed by atoms with Gasteiger partial charge in [-0.15, -0.1) is 0 Å². The lowest BCUT2D eigenvalue weighted by Crippen LogP contribution is -2.37. The molecule has 64 valence electrons. The fraction of sp³-hybridized carbons (Fsp3) is 1.00. The Bertz CT molecular complexity index is 165. The van der Waals surface area contributed by atoms with Gasteiger partial charge in [0.05, 0.1) is 6.10 Å². The number of hydrogen-bond acceptors (Lipinski definition) is 3. The first kappa shape index (κ1) is 10.2. The average molecular weight is 159 g/mol. The van der Waals surface area contributed by atoms with Gasteiger partial charge in [0, 0.05) is 4.91 Å². The van der Waals surface area contributed by atoms with E-state index in [2.05, 4.69) is 10.0 Å². The van der Waals surface area contributed by atoms with Crippen LogP contribution in [0.15, 0.2) is 5.11 Å². The molecule has 0 fully saturated rings. The Morgan fingerprint density at radius 1 is 1.73 bits per heavy atom. The molecule has 0 spiro atoms. The van der Waals surface area contributed by atoms with Crippen LogP contribution >= 0.6 is 0 Å². The highest BCUT2D eigenvalue weighted by atomic mass is 16.4. The van der Waals surface area contributed by atoms with Gasteiger partial charge in [-0.3, -0.25) is 0 Å². The van der Waals surface area contributed by atoms with E-state index in [0.29, 0.717) is 6.42 Å². The van der Waals surface area contributed by atoms with E-state index < -0.39 is 11.8 Å². The molecule has 2 atom stereocenters. The van der Waals surface area contributed by atoms with Crippen LogP contribution in [0, 0.1) is 0 Å². The molecule has 0 aliphatic carbocycles. The van der Waals surface area contributed by atoms with Crippen molar-refractivity contribution in [2.45, 2.75) is 38.5 Å². The highest BCUT2D eigenvalue weighted by Crippen LogP contribution is 2.19. The molecule has 0 aliphatic rings. The van der Waals surface area contributed by atoms with Crippen LogP contribution in [0.2, 0.25) is 0 Å². The first-order valence-electron chi connectivity index (χ1n) is 3.53. The van der Waals surface area contributed by atoms with Crippen molar-refractivity contribution in [1.82, 2.24) is 0 Å². The van der Waals surface area contributed by atoms with Gasteiger partial charge in [0.15, 0.2) is 5.72 Å². The summed E-state index contributed by atoms with van der Waals surface area (Å²) >= 11 is 0. The summed E-state index contributed by atoms with van der Waals surface area (Å²) in [5.41, 5.74) is 6.43. The maximum atomic E-state index is 9.42. The van der Waals surface area contributed by atoms with Crippen molar-refractivity contribution < 1.29 is 10.2 Å². The molecule has 0 heterocycles. The molecule has 0 aromatic heterocycles. The second kappa shape index (κ2) is 4.18. The Labute approximate surface area is 65.3 Å². The van der Waals surface area contributed by atoms with E-state index in [-0.39, 0.29) is 6.42 Å². The minimum Gasteiger partial charge on any atom is -0.390 e. The van der Waals surface area contributed by atoms with Crippen molar-refractivity contribution >= 4 is 0 Å². The van der Waals surface area contributed by atoms with Gasteiger partial charge in [-0.25, -0.2) is 0 Å². The van der Waals surface area contributed by atoms with Crippen LogP contribution in [0.4, 0.5) is 0 Å². The first-order chi connectivity index (χ1) is 5.06. The van der Waals surface area contributed by atoms with Gasteiger partial charge in [0.1, 0.15) is 0 Å². The summed E-state index contributed by atoms with van der Waals surface area (Å²) in [7, 11) is 0. The molecule has 5 nitrogen and oxygen atoms in total. The van der Waals surface area contributed by atoms with E-state index in [4.69, 9.17) is 10.6 Å². The van der Waals surface area contributed by atoms with Crippen LogP contribution in [-0.4, -0.2) is 22.0 Å². The molecule has 2 unspecified atom stereocenters. The maximum Gasteiger partial charge on any atom is 0.169 e. The maximum absolute atomic E-state index is 9.42. The van der Waals surface area contributed by atoms with Gasteiger partial charge in [0.25, 0.3) is 0 Å². The molecular formula is C6H13N3O2. The predicted molar refractivity (Wildman–Crippen MR) is 40.7 cm³/mol. The molecule has 2 N–H and O–H groups in total. The summed E-state index contributed by atoms with van der Waals surface area (Å²) in [4.78, 5) is 2.46. The van der Waals surface area contributed by atoms with Crippen molar-refractivity contribution in [2.75, 3.05) is 0 Å². The van der Waals surface area contributed by atoms with E-state index >= 15 is 0 Å². The summed E-state index contributed by atoms with van der Waals surface area (Å²) < 4.78 is 0. The van der Waals surface area contributed by atoms with Crippen molar-refractivity contribution in [3.8, 4) is 0 Å². The Morgan fingerprint density at radius 2 is 2.27 bits per heavy atom. The lowest BCUT2D eigenvalue weighted by Gasteiger charge is -2.24. The topological polar surface area (TPSA) is 89.2 Å². The van der Waals surface area contributed by atoms with Crippen LogP contribution < -0.4 is 0 Å². The fourth-order valence-electron chi connectivity index (χ4n) is 0.788. The van der Waals surface area contributed by atoms with E-state index in [1.54, 1.807) is 0 Å². The quantitative estimate of drug-likeness (QED) is 0.366. The zero-order valence-electron chi connectivity index (χ0n) is 6.73. The second-order valence-corrected chi connectivity index (χ2v) is 2.49. The third-order valence-corrected chi connectivity index (χ3v) is 1.50. The average Bonchev–Trinajstić information content (AvgIpc) is 1.88. The van der Waals surface area contributed by atoms with Crippen molar-refractivity contribution in [3.63, 3.8) is 0 Å². The minimum atomic E-state index is -1.64. The van der Waals surface area contributed by atoms with Crippen molar-refractivity contribution in [2.24, 2.45) is 5.11 Å². The summed E-state index contributed by atoms with van der Waals surface area (Å²) in [6.45, 7) is 3.23. The molecule has 0 saturated carbocycles. The Kier molecular flexibility index (Phi) is 3.89. The monoisotopic (exact) mass is 159 g/mol. The number of azide groups is 1. The van der Waals surface area contributed by atoms with Crippen LogP contribution in [0.1, 0.15) is 26.7 Å². The lowest BCUT2D eigenvalue weighted by molar-refractivity contribution is -0.0667. The Hall–Kier alpha value is -0.770. The van der Waals surface area contributed by atoms with Crippen LogP contribution in [0.5, 0.6) is 0 Å². The fourth-order valence-corrected chi connectivity index (χ4v) is 0.788. The van der Waals surface area contributed by atoms with Gasteiger partial charge in [-0.2, -0.15) is 0 Å². The van der Waals surface area contributed by atoms with Crippen molar-refractivity contribution in [1.29, 1.82) is 0 Å². The Morgan fingerprint density at radius 3 is 2.55 bits per heavy atom. The molecule has 0 aromatic rings. The second-order valence-electron chi connectivity index (χ2n) is 2.49. The minimum absolute atomic E-state index is 0.273. The van der Waals surface area contributed by atoms with Crippen LogP contribution in [0.3, 0.4) is 0 Å². The van der Waals surface area contributed by atoms with E-state index in [0.717, 1.165) is 0 Å². The molecule has 5 heteroatoms. The molecule has 0 bridgehead atoms. The van der Waals surface area contributed by atoms with Gasteiger partial charge in [0.2, 0.25) is 0 Å². The summed E-state index contributed by atoms with van der Waals surface area (Å²) in [6.07, 6.45) is -0.104. The van der Waals surface area contributed by atoms with Gasteiger partial charge in [-0.05, 0) is 18.9 Å².